The first kappa shape index (κ1) is 11.4. The summed E-state index contributed by atoms with van der Waals surface area (Å²) in [5.74, 6) is 0. The molecule has 0 saturated heterocycles. The number of aromatic nitrogens is 3. The Labute approximate surface area is 120 Å². The number of thiophene rings is 1. The fourth-order valence-electron chi connectivity index (χ4n) is 2.35. The highest BCUT2D eigenvalue weighted by molar-refractivity contribution is 7.08. The number of hydrogen-bond acceptors (Lipinski definition) is 3. The predicted octanol–water partition coefficient (Wildman–Crippen LogP) is 4.35. The Kier molecular flexibility index (Phi) is 2.60. The summed E-state index contributed by atoms with van der Waals surface area (Å²) in [4.78, 5) is 12.1. The fourth-order valence-corrected chi connectivity index (χ4v) is 3.01. The van der Waals surface area contributed by atoms with Crippen LogP contribution in [0.1, 0.15) is 0 Å². The highest BCUT2D eigenvalue weighted by Gasteiger charge is 2.08. The number of nitrogens with one attached hydrogen (secondary N) is 1. The van der Waals surface area contributed by atoms with Gasteiger partial charge in [-0.2, -0.15) is 11.3 Å². The summed E-state index contributed by atoms with van der Waals surface area (Å²) >= 11 is 1.69. The van der Waals surface area contributed by atoms with Crippen LogP contribution >= 0.6 is 11.3 Å². The zero-order chi connectivity index (χ0) is 13.4. The van der Waals surface area contributed by atoms with Gasteiger partial charge in [0.1, 0.15) is 0 Å². The van der Waals surface area contributed by atoms with Crippen LogP contribution in [0.25, 0.3) is 33.3 Å². The van der Waals surface area contributed by atoms with Crippen molar-refractivity contribution in [1.29, 1.82) is 0 Å². The third-order valence-electron chi connectivity index (χ3n) is 3.34. The zero-order valence-electron chi connectivity index (χ0n) is 10.6. The third kappa shape index (κ3) is 1.82. The molecule has 0 saturated carbocycles. The van der Waals surface area contributed by atoms with Crippen LogP contribution < -0.4 is 0 Å². The van der Waals surface area contributed by atoms with E-state index in [1.54, 1.807) is 11.3 Å². The third-order valence-corrected chi connectivity index (χ3v) is 4.02. The van der Waals surface area contributed by atoms with Crippen LogP contribution in [0.5, 0.6) is 0 Å². The maximum atomic E-state index is 4.45. The minimum atomic E-state index is 0.983. The van der Waals surface area contributed by atoms with Crippen molar-refractivity contribution in [3.63, 3.8) is 0 Å². The van der Waals surface area contributed by atoms with Gasteiger partial charge >= 0.3 is 0 Å². The van der Waals surface area contributed by atoms with Crippen LogP contribution in [0.3, 0.4) is 0 Å². The van der Waals surface area contributed by atoms with Gasteiger partial charge in [-0.05, 0) is 40.6 Å². The zero-order valence-corrected chi connectivity index (χ0v) is 11.4. The average molecular weight is 277 g/mol. The van der Waals surface area contributed by atoms with Crippen molar-refractivity contribution >= 4 is 22.4 Å². The molecular weight excluding hydrogens is 266 g/mol. The van der Waals surface area contributed by atoms with Gasteiger partial charge in [0.25, 0.3) is 0 Å². The second kappa shape index (κ2) is 4.58. The van der Waals surface area contributed by atoms with E-state index < -0.39 is 0 Å². The van der Waals surface area contributed by atoms with Gasteiger partial charge in [0.15, 0.2) is 0 Å². The lowest BCUT2D eigenvalue weighted by atomic mass is 10.1. The van der Waals surface area contributed by atoms with Crippen LogP contribution in [0.15, 0.2) is 59.8 Å². The highest BCUT2D eigenvalue weighted by atomic mass is 32.1. The number of pyridine rings is 2. The van der Waals surface area contributed by atoms with Gasteiger partial charge in [0.2, 0.25) is 0 Å². The largest absolute Gasteiger partial charge is 0.359 e. The number of hydrogen-bond donors (Lipinski definition) is 1. The van der Waals surface area contributed by atoms with Crippen LogP contribution in [-0.2, 0) is 0 Å². The molecular formula is C16H11N3S. The maximum absolute atomic E-state index is 4.45. The summed E-state index contributed by atoms with van der Waals surface area (Å²) in [5, 5.41) is 4.21. The molecule has 0 aliphatic carbocycles. The van der Waals surface area contributed by atoms with Crippen molar-refractivity contribution in [2.24, 2.45) is 0 Å². The summed E-state index contributed by atoms with van der Waals surface area (Å²) in [7, 11) is 0. The van der Waals surface area contributed by atoms with Crippen LogP contribution in [-0.4, -0.2) is 15.0 Å². The van der Waals surface area contributed by atoms with Crippen molar-refractivity contribution in [1.82, 2.24) is 15.0 Å². The molecule has 1 N–H and O–H groups in total. The van der Waals surface area contributed by atoms with E-state index in [4.69, 9.17) is 0 Å². The maximum Gasteiger partial charge on any atom is 0.0957 e. The first-order chi connectivity index (χ1) is 9.92. The van der Waals surface area contributed by atoms with E-state index in [1.165, 1.54) is 5.56 Å². The molecule has 0 fully saturated rings. The first-order valence-corrected chi connectivity index (χ1v) is 7.26. The Balaban J connectivity index is 1.88. The molecule has 0 bridgehead atoms. The lowest BCUT2D eigenvalue weighted by Gasteiger charge is -2.02. The van der Waals surface area contributed by atoms with Crippen LogP contribution in [0, 0.1) is 0 Å². The van der Waals surface area contributed by atoms with E-state index in [-0.39, 0.29) is 0 Å². The van der Waals surface area contributed by atoms with E-state index in [9.17, 15) is 0 Å². The molecule has 4 aromatic rings. The highest BCUT2D eigenvalue weighted by Crippen LogP contribution is 2.30. The van der Waals surface area contributed by atoms with Crippen molar-refractivity contribution in [3.05, 3.63) is 59.8 Å². The number of nitrogens with zero attached hydrogens (tertiary/aromatic N) is 2. The summed E-state index contributed by atoms with van der Waals surface area (Å²) < 4.78 is 0. The molecule has 3 nitrogen and oxygen atoms in total. The minimum Gasteiger partial charge on any atom is -0.359 e. The molecule has 0 unspecified atom stereocenters. The molecule has 0 spiro atoms. The van der Waals surface area contributed by atoms with Gasteiger partial charge < -0.3 is 4.98 Å². The van der Waals surface area contributed by atoms with Crippen LogP contribution in [0.2, 0.25) is 0 Å². The summed E-state index contributed by atoms with van der Waals surface area (Å²) in [6.45, 7) is 0. The predicted molar refractivity (Wildman–Crippen MR) is 82.6 cm³/mol. The van der Waals surface area contributed by atoms with Crippen molar-refractivity contribution in [2.75, 3.05) is 0 Å². The smallest absolute Gasteiger partial charge is 0.0957 e. The minimum absolute atomic E-state index is 0.983. The molecule has 4 aromatic heterocycles. The van der Waals surface area contributed by atoms with Crippen molar-refractivity contribution < 1.29 is 0 Å². The van der Waals surface area contributed by atoms with E-state index in [2.05, 4.69) is 37.8 Å². The lowest BCUT2D eigenvalue weighted by Crippen LogP contribution is -1.83. The first-order valence-electron chi connectivity index (χ1n) is 6.32. The Hall–Kier alpha value is -2.46. The van der Waals surface area contributed by atoms with E-state index in [0.717, 1.165) is 27.7 Å². The Morgan fingerprint density at radius 2 is 2.00 bits per heavy atom. The number of fused-ring (bicyclic) bond motifs is 1. The second-order valence-corrected chi connectivity index (χ2v) is 5.36. The molecule has 4 heteroatoms. The van der Waals surface area contributed by atoms with Crippen molar-refractivity contribution in [2.45, 2.75) is 0 Å². The van der Waals surface area contributed by atoms with Gasteiger partial charge in [-0.15, -0.1) is 0 Å². The van der Waals surface area contributed by atoms with Gasteiger partial charge in [-0.25, -0.2) is 0 Å². The Morgan fingerprint density at radius 1 is 1.05 bits per heavy atom. The fraction of sp³-hybridized carbons (Fsp3) is 0. The summed E-state index contributed by atoms with van der Waals surface area (Å²) in [6, 6.07) is 8.23. The lowest BCUT2D eigenvalue weighted by molar-refractivity contribution is 1.33. The van der Waals surface area contributed by atoms with E-state index in [0.29, 0.717) is 0 Å². The van der Waals surface area contributed by atoms with Gasteiger partial charge in [0, 0.05) is 41.5 Å². The quantitative estimate of drug-likeness (QED) is 0.591. The molecule has 4 rings (SSSR count). The summed E-state index contributed by atoms with van der Waals surface area (Å²) in [6.07, 6.45) is 7.59. The average Bonchev–Trinajstić information content (AvgIpc) is 3.17. The van der Waals surface area contributed by atoms with Gasteiger partial charge in [-0.3, -0.25) is 9.97 Å². The monoisotopic (exact) mass is 277 g/mol. The van der Waals surface area contributed by atoms with Crippen LogP contribution in [0.4, 0.5) is 0 Å². The molecule has 0 aromatic carbocycles. The normalized spacial score (nSPS) is 11.0. The molecule has 0 amide bonds. The molecule has 4 heterocycles. The molecule has 0 aliphatic heterocycles. The molecule has 0 aliphatic rings. The molecule has 0 radical (unpaired) electrons. The standard InChI is InChI=1S/C16H11N3S/c1-2-15-16(18-4-1)14(9-19-15)13-6-12(7-17-8-13)11-3-5-20-10-11/h1-10,19H. The van der Waals surface area contributed by atoms with Gasteiger partial charge in [-0.1, -0.05) is 0 Å². The molecule has 0 atom stereocenters. The summed E-state index contributed by atoms with van der Waals surface area (Å²) in [5.41, 5.74) is 6.54. The second-order valence-electron chi connectivity index (χ2n) is 4.58. The number of rotatable bonds is 2. The topological polar surface area (TPSA) is 41.6 Å². The van der Waals surface area contributed by atoms with Gasteiger partial charge in [0.05, 0.1) is 11.0 Å². The van der Waals surface area contributed by atoms with E-state index >= 15 is 0 Å². The SMILES string of the molecule is c1cnc2c(-c3cncc(-c4ccsc4)c3)c[nH]c2c1. The van der Waals surface area contributed by atoms with Crippen molar-refractivity contribution in [3.8, 4) is 22.3 Å². The number of aromatic amines is 1. The molecule has 96 valence electrons. The number of H-pyrrole nitrogens is 1. The Bertz CT molecular complexity index is 862. The Morgan fingerprint density at radius 3 is 2.90 bits per heavy atom. The molecule has 20 heavy (non-hydrogen) atoms. The van der Waals surface area contributed by atoms with E-state index in [1.807, 2.05) is 36.9 Å².